The summed E-state index contributed by atoms with van der Waals surface area (Å²) in [6.45, 7) is 2.69. The second kappa shape index (κ2) is 8.16. The Morgan fingerprint density at radius 2 is 1.63 bits per heavy atom. The van der Waals surface area contributed by atoms with Crippen molar-refractivity contribution in [2.45, 2.75) is 19.3 Å². The van der Waals surface area contributed by atoms with Gasteiger partial charge in [-0.25, -0.2) is 0 Å². The number of aliphatic imine (C=N–C) groups is 2. The minimum Gasteiger partial charge on any atom is -0.370 e. The first-order valence-electron chi connectivity index (χ1n) is 9.48. The summed E-state index contributed by atoms with van der Waals surface area (Å²) in [6.07, 6.45) is 5.44. The van der Waals surface area contributed by atoms with E-state index in [1.54, 1.807) is 0 Å². The maximum absolute atomic E-state index is 12.5. The van der Waals surface area contributed by atoms with Crippen molar-refractivity contribution in [1.82, 2.24) is 5.32 Å². The smallest absolute Gasteiger partial charge is 0.255 e. The molecule has 0 saturated heterocycles. The molecule has 2 N–H and O–H groups in total. The predicted octanol–water partition coefficient (Wildman–Crippen LogP) is 3.47. The fraction of sp³-hybridized carbons (Fsp3) is 0.273. The highest BCUT2D eigenvalue weighted by Crippen LogP contribution is 2.17. The monoisotopic (exact) mass is 359 g/mol. The fourth-order valence-corrected chi connectivity index (χ4v) is 3.24. The van der Waals surface area contributed by atoms with Crippen molar-refractivity contribution in [2.24, 2.45) is 9.98 Å². The first-order valence-corrected chi connectivity index (χ1v) is 9.48. The van der Waals surface area contributed by atoms with E-state index in [1.807, 2.05) is 48.5 Å². The normalized spacial score (nSPS) is 16.7. The number of carbonyl (C=O) groups is 1. The molecule has 2 aromatic rings. The highest BCUT2D eigenvalue weighted by molar-refractivity contribution is 6.08. The number of rotatable bonds is 4. The van der Waals surface area contributed by atoms with Crippen molar-refractivity contribution in [3.63, 3.8) is 0 Å². The van der Waals surface area contributed by atoms with Crippen LogP contribution in [-0.2, 0) is 0 Å². The lowest BCUT2D eigenvalue weighted by atomic mass is 10.0. The molecule has 0 unspecified atom stereocenters. The lowest BCUT2D eigenvalue weighted by Crippen LogP contribution is -2.30. The Hall–Kier alpha value is -2.95. The van der Waals surface area contributed by atoms with E-state index in [1.165, 1.54) is 0 Å². The molecule has 27 heavy (non-hydrogen) atoms. The van der Waals surface area contributed by atoms with Crippen LogP contribution in [0.15, 0.2) is 58.5 Å². The third-order valence-corrected chi connectivity index (χ3v) is 4.74. The third-order valence-electron chi connectivity index (χ3n) is 4.74. The van der Waals surface area contributed by atoms with Crippen molar-refractivity contribution in [1.29, 1.82) is 0 Å². The van der Waals surface area contributed by atoms with Crippen LogP contribution in [0.5, 0.6) is 0 Å². The quantitative estimate of drug-likeness (QED) is 0.878. The number of anilines is 1. The van der Waals surface area contributed by atoms with Gasteiger partial charge in [0.1, 0.15) is 5.84 Å². The van der Waals surface area contributed by atoms with Gasteiger partial charge in [-0.3, -0.25) is 14.8 Å². The Balaban J connectivity index is 1.41. The number of hydrogen-bond donors (Lipinski definition) is 2. The van der Waals surface area contributed by atoms with Crippen molar-refractivity contribution >= 4 is 23.1 Å². The summed E-state index contributed by atoms with van der Waals surface area (Å²) >= 11 is 0. The SMILES string of the molecule is O=C(Nc1ccc(C2=NCCC[CH]2)cc1)c1ccc(C2=NCCCN2)cc1. The number of nitrogens with zero attached hydrogens (tertiary/aromatic N) is 2. The first kappa shape index (κ1) is 17.5. The summed E-state index contributed by atoms with van der Waals surface area (Å²) in [4.78, 5) is 21.5. The van der Waals surface area contributed by atoms with Crippen LogP contribution >= 0.6 is 0 Å². The lowest BCUT2D eigenvalue weighted by molar-refractivity contribution is 0.102. The van der Waals surface area contributed by atoms with Crippen LogP contribution in [0, 0.1) is 6.42 Å². The molecule has 2 aliphatic rings. The molecular formula is C22H23N4O. The van der Waals surface area contributed by atoms with E-state index >= 15 is 0 Å². The molecule has 0 atom stereocenters. The van der Waals surface area contributed by atoms with Crippen molar-refractivity contribution in [2.75, 3.05) is 25.0 Å². The number of benzene rings is 2. The second-order valence-electron chi connectivity index (χ2n) is 6.73. The average Bonchev–Trinajstić information content (AvgIpc) is 2.76. The Morgan fingerprint density at radius 3 is 2.30 bits per heavy atom. The Morgan fingerprint density at radius 1 is 0.889 bits per heavy atom. The summed E-state index contributed by atoms with van der Waals surface area (Å²) in [7, 11) is 0. The van der Waals surface area contributed by atoms with Gasteiger partial charge in [-0.2, -0.15) is 0 Å². The topological polar surface area (TPSA) is 65.8 Å². The summed E-state index contributed by atoms with van der Waals surface area (Å²) in [6, 6.07) is 15.4. The van der Waals surface area contributed by atoms with E-state index in [2.05, 4.69) is 27.0 Å². The van der Waals surface area contributed by atoms with Gasteiger partial charge in [0.25, 0.3) is 5.91 Å². The third kappa shape index (κ3) is 4.25. The van der Waals surface area contributed by atoms with E-state index < -0.39 is 0 Å². The van der Waals surface area contributed by atoms with Crippen LogP contribution < -0.4 is 10.6 Å². The zero-order valence-electron chi connectivity index (χ0n) is 15.2. The van der Waals surface area contributed by atoms with E-state index in [4.69, 9.17) is 0 Å². The molecule has 137 valence electrons. The maximum Gasteiger partial charge on any atom is 0.255 e. The van der Waals surface area contributed by atoms with Gasteiger partial charge in [0.15, 0.2) is 0 Å². The van der Waals surface area contributed by atoms with Gasteiger partial charge in [-0.05, 0) is 49.1 Å². The van der Waals surface area contributed by atoms with Gasteiger partial charge in [0.2, 0.25) is 0 Å². The van der Waals surface area contributed by atoms with Gasteiger partial charge < -0.3 is 10.6 Å². The van der Waals surface area contributed by atoms with Crippen LogP contribution in [0.4, 0.5) is 5.69 Å². The highest BCUT2D eigenvalue weighted by atomic mass is 16.1. The fourth-order valence-electron chi connectivity index (χ4n) is 3.24. The average molecular weight is 359 g/mol. The van der Waals surface area contributed by atoms with Crippen molar-refractivity contribution in [3.05, 3.63) is 71.6 Å². The number of carbonyl (C=O) groups excluding carboxylic acids is 1. The number of nitrogens with one attached hydrogen (secondary N) is 2. The zero-order valence-corrected chi connectivity index (χ0v) is 15.2. The summed E-state index contributed by atoms with van der Waals surface area (Å²) in [5, 5.41) is 6.25. The molecule has 2 heterocycles. The molecule has 2 aliphatic heterocycles. The molecule has 0 bridgehead atoms. The first-order chi connectivity index (χ1) is 13.3. The summed E-state index contributed by atoms with van der Waals surface area (Å²) in [5.41, 5.74) is 4.57. The Labute approximate surface area is 159 Å². The van der Waals surface area contributed by atoms with E-state index in [-0.39, 0.29) is 5.91 Å². The molecule has 1 radical (unpaired) electrons. The molecule has 2 aromatic carbocycles. The second-order valence-corrected chi connectivity index (χ2v) is 6.73. The molecule has 1 amide bonds. The van der Waals surface area contributed by atoms with E-state index in [9.17, 15) is 4.79 Å². The number of hydrogen-bond acceptors (Lipinski definition) is 4. The molecule has 4 rings (SSSR count). The molecule has 0 aliphatic carbocycles. The van der Waals surface area contributed by atoms with Crippen LogP contribution in [0.3, 0.4) is 0 Å². The van der Waals surface area contributed by atoms with Gasteiger partial charge in [0, 0.05) is 48.6 Å². The summed E-state index contributed by atoms with van der Waals surface area (Å²) < 4.78 is 0. The standard InChI is InChI=1S/C22H23N4O/c27-22(18-7-5-17(6-8-18)21-24-14-3-15-25-21)26-19-11-9-16(10-12-19)20-4-1-2-13-23-20/h4-12H,1-3,13-15H2,(H,24,25)(H,26,27). The maximum atomic E-state index is 12.5. The van der Waals surface area contributed by atoms with Gasteiger partial charge in [-0.15, -0.1) is 0 Å². The minimum atomic E-state index is -0.116. The number of amides is 1. The lowest BCUT2D eigenvalue weighted by Gasteiger charge is -2.15. The largest absolute Gasteiger partial charge is 0.370 e. The van der Waals surface area contributed by atoms with Crippen molar-refractivity contribution in [3.8, 4) is 0 Å². The van der Waals surface area contributed by atoms with Gasteiger partial charge in [0.05, 0.1) is 0 Å². The predicted molar refractivity (Wildman–Crippen MR) is 110 cm³/mol. The molecule has 0 fully saturated rings. The van der Waals surface area contributed by atoms with E-state index in [0.29, 0.717) is 5.56 Å². The van der Waals surface area contributed by atoms with E-state index in [0.717, 1.165) is 67.3 Å². The van der Waals surface area contributed by atoms with Gasteiger partial charge >= 0.3 is 0 Å². The Bertz CT molecular complexity index is 866. The molecule has 5 nitrogen and oxygen atoms in total. The molecule has 0 saturated carbocycles. The highest BCUT2D eigenvalue weighted by Gasteiger charge is 2.11. The molecule has 5 heteroatoms. The van der Waals surface area contributed by atoms with Gasteiger partial charge in [-0.1, -0.05) is 24.3 Å². The van der Waals surface area contributed by atoms with Crippen LogP contribution in [0.2, 0.25) is 0 Å². The van der Waals surface area contributed by atoms with Crippen LogP contribution in [0.1, 0.15) is 40.7 Å². The number of amidine groups is 1. The summed E-state index contributed by atoms with van der Waals surface area (Å²) in [5.74, 6) is 0.792. The Kier molecular flexibility index (Phi) is 5.28. The van der Waals surface area contributed by atoms with Crippen LogP contribution in [-0.4, -0.2) is 37.1 Å². The molecular weight excluding hydrogens is 336 g/mol. The molecule has 0 aromatic heterocycles. The minimum absolute atomic E-state index is 0.116. The molecule has 0 spiro atoms. The zero-order chi connectivity index (χ0) is 18.5. The van der Waals surface area contributed by atoms with Crippen LogP contribution in [0.25, 0.3) is 0 Å². The van der Waals surface area contributed by atoms with Crippen molar-refractivity contribution < 1.29 is 4.79 Å².